The van der Waals surface area contributed by atoms with Gasteiger partial charge in [0.1, 0.15) is 0 Å². The lowest BCUT2D eigenvalue weighted by molar-refractivity contribution is -0.117. The van der Waals surface area contributed by atoms with Gasteiger partial charge in [-0.1, -0.05) is 39.2 Å². The number of rotatable bonds is 11. The minimum atomic E-state index is -0.471. The Bertz CT molecular complexity index is 604. The lowest BCUT2D eigenvalue weighted by atomic mass is 9.99. The van der Waals surface area contributed by atoms with Gasteiger partial charge in [0.15, 0.2) is 0 Å². The van der Waals surface area contributed by atoms with E-state index in [1.807, 2.05) is 0 Å². The summed E-state index contributed by atoms with van der Waals surface area (Å²) in [5, 5.41) is 8.24. The maximum atomic E-state index is 12.1. The van der Waals surface area contributed by atoms with E-state index in [4.69, 9.17) is 5.73 Å². The third-order valence-corrected chi connectivity index (χ3v) is 4.13. The third kappa shape index (κ3) is 8.50. The maximum absolute atomic E-state index is 12.1. The number of nitrogens with two attached hydrogens (primary N) is 1. The van der Waals surface area contributed by atoms with Crippen molar-refractivity contribution in [1.82, 2.24) is 10.6 Å². The van der Waals surface area contributed by atoms with Crippen molar-refractivity contribution in [2.45, 2.75) is 46.0 Å². The molecule has 0 heterocycles. The van der Waals surface area contributed by atoms with Gasteiger partial charge in [-0.25, -0.2) is 4.79 Å². The molecule has 0 aliphatic carbocycles. The van der Waals surface area contributed by atoms with Crippen LogP contribution in [0.4, 0.5) is 10.5 Å². The molecule has 1 atom stereocenters. The summed E-state index contributed by atoms with van der Waals surface area (Å²) in [4.78, 5) is 34.8. The molecule has 0 aliphatic heterocycles. The highest BCUT2D eigenvalue weighted by molar-refractivity contribution is 5.97. The fraction of sp³-hybridized carbons (Fsp3) is 0.526. The van der Waals surface area contributed by atoms with Gasteiger partial charge in [0.05, 0.1) is 0 Å². The number of benzene rings is 1. The SMILES string of the molecule is CCCCC(CC)CNC(=O)Nc1cccc(C(=O)NCCC(N)=O)c1. The summed E-state index contributed by atoms with van der Waals surface area (Å²) in [6, 6.07) is 6.35. The summed E-state index contributed by atoms with van der Waals surface area (Å²) >= 11 is 0. The molecule has 1 unspecified atom stereocenters. The van der Waals surface area contributed by atoms with E-state index in [0.29, 0.717) is 23.7 Å². The van der Waals surface area contributed by atoms with Crippen LogP contribution in [0.3, 0.4) is 0 Å². The van der Waals surface area contributed by atoms with Crippen LogP contribution in [-0.2, 0) is 4.79 Å². The van der Waals surface area contributed by atoms with Gasteiger partial charge < -0.3 is 21.7 Å². The minimum Gasteiger partial charge on any atom is -0.370 e. The summed E-state index contributed by atoms with van der Waals surface area (Å²) in [5.41, 5.74) is 5.98. The number of hydrogen-bond acceptors (Lipinski definition) is 3. The third-order valence-electron chi connectivity index (χ3n) is 4.13. The number of carbonyl (C=O) groups excluding carboxylic acids is 3. The van der Waals surface area contributed by atoms with Gasteiger partial charge >= 0.3 is 6.03 Å². The Morgan fingerprint density at radius 2 is 1.92 bits per heavy atom. The first-order valence-electron chi connectivity index (χ1n) is 9.17. The maximum Gasteiger partial charge on any atom is 0.319 e. The first-order valence-corrected chi connectivity index (χ1v) is 9.17. The van der Waals surface area contributed by atoms with Crippen LogP contribution in [0.1, 0.15) is 56.3 Å². The van der Waals surface area contributed by atoms with Gasteiger partial charge in [0, 0.05) is 30.8 Å². The molecule has 7 nitrogen and oxygen atoms in total. The molecule has 1 aromatic carbocycles. The zero-order valence-electron chi connectivity index (χ0n) is 15.6. The fourth-order valence-electron chi connectivity index (χ4n) is 2.50. The predicted molar refractivity (Wildman–Crippen MR) is 103 cm³/mol. The van der Waals surface area contributed by atoms with Crippen LogP contribution < -0.4 is 21.7 Å². The average Bonchev–Trinajstić information content (AvgIpc) is 2.61. The molecule has 0 saturated heterocycles. The summed E-state index contributed by atoms with van der Waals surface area (Å²) in [5.74, 6) is -0.314. The van der Waals surface area contributed by atoms with E-state index < -0.39 is 5.91 Å². The largest absolute Gasteiger partial charge is 0.370 e. The number of hydrogen-bond donors (Lipinski definition) is 4. The molecule has 7 heteroatoms. The fourth-order valence-corrected chi connectivity index (χ4v) is 2.50. The summed E-state index contributed by atoms with van der Waals surface area (Å²) in [6.45, 7) is 5.10. The highest BCUT2D eigenvalue weighted by Gasteiger charge is 2.10. The molecule has 144 valence electrons. The Hall–Kier alpha value is -2.57. The van der Waals surface area contributed by atoms with Crippen molar-refractivity contribution in [2.75, 3.05) is 18.4 Å². The van der Waals surface area contributed by atoms with E-state index in [2.05, 4.69) is 29.8 Å². The van der Waals surface area contributed by atoms with Gasteiger partial charge in [-0.05, 0) is 30.5 Å². The smallest absolute Gasteiger partial charge is 0.319 e. The predicted octanol–water partition coefficient (Wildman–Crippen LogP) is 2.63. The van der Waals surface area contributed by atoms with Crippen LogP contribution >= 0.6 is 0 Å². The lowest BCUT2D eigenvalue weighted by Gasteiger charge is -2.16. The highest BCUT2D eigenvalue weighted by atomic mass is 16.2. The number of anilines is 1. The number of unbranched alkanes of at least 4 members (excludes halogenated alkanes) is 1. The number of carbonyl (C=O) groups is 3. The molecule has 0 bridgehead atoms. The average molecular weight is 362 g/mol. The molecule has 4 amide bonds. The zero-order chi connectivity index (χ0) is 19.4. The number of primary amides is 1. The topological polar surface area (TPSA) is 113 Å². The molecular formula is C19H30N4O3. The van der Waals surface area contributed by atoms with Crippen molar-refractivity contribution in [1.29, 1.82) is 0 Å². The molecule has 0 fully saturated rings. The summed E-state index contributed by atoms with van der Waals surface area (Å²) in [7, 11) is 0. The van der Waals surface area contributed by atoms with Crippen LogP contribution in [0.2, 0.25) is 0 Å². The Morgan fingerprint density at radius 1 is 1.15 bits per heavy atom. The molecule has 5 N–H and O–H groups in total. The summed E-state index contributed by atoms with van der Waals surface area (Å²) in [6.07, 6.45) is 4.53. The van der Waals surface area contributed by atoms with Gasteiger partial charge in [-0.3, -0.25) is 9.59 Å². The van der Waals surface area contributed by atoms with Crippen LogP contribution in [0, 0.1) is 5.92 Å². The van der Waals surface area contributed by atoms with Crippen molar-refractivity contribution in [3.63, 3.8) is 0 Å². The quantitative estimate of drug-likeness (QED) is 0.485. The molecule has 0 saturated carbocycles. The van der Waals surface area contributed by atoms with Crippen molar-refractivity contribution < 1.29 is 14.4 Å². The Balaban J connectivity index is 2.50. The molecule has 0 radical (unpaired) electrons. The highest BCUT2D eigenvalue weighted by Crippen LogP contribution is 2.12. The molecule has 0 aromatic heterocycles. The van der Waals surface area contributed by atoms with E-state index >= 15 is 0 Å². The molecule has 0 aliphatic rings. The lowest BCUT2D eigenvalue weighted by Crippen LogP contribution is -2.33. The van der Waals surface area contributed by atoms with E-state index in [0.717, 1.165) is 25.7 Å². The second-order valence-corrected chi connectivity index (χ2v) is 6.30. The standard InChI is InChI=1S/C19H30N4O3/c1-3-5-7-14(4-2)13-22-19(26)23-16-9-6-8-15(12-16)18(25)21-11-10-17(20)24/h6,8-9,12,14H,3-5,7,10-11,13H2,1-2H3,(H2,20,24)(H,21,25)(H2,22,23,26). The van der Waals surface area contributed by atoms with Crippen molar-refractivity contribution in [3.05, 3.63) is 29.8 Å². The van der Waals surface area contributed by atoms with E-state index in [-0.39, 0.29) is 24.9 Å². The van der Waals surface area contributed by atoms with E-state index in [1.165, 1.54) is 0 Å². The normalized spacial score (nSPS) is 11.5. The number of amides is 4. The first kappa shape index (κ1) is 21.5. The van der Waals surface area contributed by atoms with Crippen LogP contribution in [0.5, 0.6) is 0 Å². The number of urea groups is 1. The van der Waals surface area contributed by atoms with Crippen LogP contribution in [0.25, 0.3) is 0 Å². The zero-order valence-corrected chi connectivity index (χ0v) is 15.6. The van der Waals surface area contributed by atoms with E-state index in [9.17, 15) is 14.4 Å². The molecule has 26 heavy (non-hydrogen) atoms. The number of nitrogens with one attached hydrogen (secondary N) is 3. The van der Waals surface area contributed by atoms with Crippen LogP contribution in [-0.4, -0.2) is 30.9 Å². The van der Waals surface area contributed by atoms with Gasteiger partial charge in [-0.2, -0.15) is 0 Å². The van der Waals surface area contributed by atoms with Crippen molar-refractivity contribution in [3.8, 4) is 0 Å². The van der Waals surface area contributed by atoms with Gasteiger partial charge in [0.25, 0.3) is 5.91 Å². The molecule has 1 aromatic rings. The molecule has 1 rings (SSSR count). The van der Waals surface area contributed by atoms with Crippen LogP contribution in [0.15, 0.2) is 24.3 Å². The molecule has 0 spiro atoms. The van der Waals surface area contributed by atoms with Gasteiger partial charge in [-0.15, -0.1) is 0 Å². The second kappa shape index (κ2) is 11.9. The second-order valence-electron chi connectivity index (χ2n) is 6.30. The first-order chi connectivity index (χ1) is 12.5. The molecular weight excluding hydrogens is 332 g/mol. The van der Waals surface area contributed by atoms with Crippen molar-refractivity contribution >= 4 is 23.5 Å². The Morgan fingerprint density at radius 3 is 2.58 bits per heavy atom. The Kier molecular flexibility index (Phi) is 9.82. The van der Waals surface area contributed by atoms with Gasteiger partial charge in [0.2, 0.25) is 5.91 Å². The summed E-state index contributed by atoms with van der Waals surface area (Å²) < 4.78 is 0. The monoisotopic (exact) mass is 362 g/mol. The Labute approximate surface area is 155 Å². The minimum absolute atomic E-state index is 0.0860. The van der Waals surface area contributed by atoms with E-state index in [1.54, 1.807) is 24.3 Å². The van der Waals surface area contributed by atoms with Crippen molar-refractivity contribution in [2.24, 2.45) is 11.7 Å².